The quantitative estimate of drug-likeness (QED) is 0.332. The summed E-state index contributed by atoms with van der Waals surface area (Å²) in [6.07, 6.45) is 0.0250. The summed E-state index contributed by atoms with van der Waals surface area (Å²) in [4.78, 5) is 39.5. The Kier molecular flexibility index (Phi) is 9.28. The lowest BCUT2D eigenvalue weighted by Gasteiger charge is -2.47. The lowest BCUT2D eigenvalue weighted by molar-refractivity contribution is -0.154. The van der Waals surface area contributed by atoms with E-state index in [1.54, 1.807) is 6.92 Å². The van der Waals surface area contributed by atoms with Crippen LogP contribution in [-0.4, -0.2) is 53.1 Å². The van der Waals surface area contributed by atoms with Crippen molar-refractivity contribution in [2.24, 2.45) is 16.1 Å². The summed E-state index contributed by atoms with van der Waals surface area (Å²) in [7, 11) is 0. The molecule has 2 fully saturated rings. The molecule has 1 N–H and O–H groups in total. The van der Waals surface area contributed by atoms with E-state index >= 15 is 0 Å². The third kappa shape index (κ3) is 5.57. The maximum absolute atomic E-state index is 14.2. The molecular weight excluding hydrogens is 544 g/mol. The highest BCUT2D eigenvalue weighted by molar-refractivity contribution is 7.59. The molecular formula is C22H25ClF4N4O3S2. The number of rotatable bonds is 5. The first-order chi connectivity index (χ1) is 15.9. The average molecular weight is 569 g/mol. The molecule has 36 heavy (non-hydrogen) atoms. The van der Waals surface area contributed by atoms with Crippen molar-refractivity contribution in [2.45, 2.75) is 50.1 Å². The van der Waals surface area contributed by atoms with Crippen molar-refractivity contribution in [1.29, 1.82) is 0 Å². The van der Waals surface area contributed by atoms with E-state index in [9.17, 15) is 31.9 Å². The maximum atomic E-state index is 14.2. The fourth-order valence-corrected chi connectivity index (χ4v) is 5.00. The van der Waals surface area contributed by atoms with Gasteiger partial charge in [-0.05, 0) is 31.1 Å². The van der Waals surface area contributed by atoms with Gasteiger partial charge in [-0.25, -0.2) is 17.6 Å². The highest BCUT2D eigenvalue weighted by Crippen LogP contribution is 2.50. The first kappa shape index (κ1) is 30.1. The number of alkyl halides is 2. The van der Waals surface area contributed by atoms with Crippen LogP contribution in [0.2, 0.25) is 5.02 Å². The summed E-state index contributed by atoms with van der Waals surface area (Å²) in [5, 5.41) is 9.26. The van der Waals surface area contributed by atoms with Crippen molar-refractivity contribution in [2.75, 3.05) is 13.1 Å². The van der Waals surface area contributed by atoms with E-state index in [-0.39, 0.29) is 64.2 Å². The highest BCUT2D eigenvalue weighted by Gasteiger charge is 2.60. The molecule has 2 heterocycles. The Hall–Kier alpha value is -2.12. The van der Waals surface area contributed by atoms with Crippen LogP contribution in [0, 0.1) is 17.6 Å². The number of likely N-dealkylation sites (tertiary alicyclic amines) is 1. The van der Waals surface area contributed by atoms with Crippen LogP contribution < -0.4 is 5.32 Å². The molecule has 7 nitrogen and oxygen atoms in total. The van der Waals surface area contributed by atoms with E-state index in [2.05, 4.69) is 15.5 Å². The summed E-state index contributed by atoms with van der Waals surface area (Å²) < 4.78 is 54.9. The van der Waals surface area contributed by atoms with Gasteiger partial charge < -0.3 is 10.2 Å². The number of hydrogen-bond acceptors (Lipinski definition) is 5. The van der Waals surface area contributed by atoms with E-state index in [1.807, 2.05) is 0 Å². The lowest BCUT2D eigenvalue weighted by Crippen LogP contribution is -2.65. The molecule has 0 bridgehead atoms. The van der Waals surface area contributed by atoms with E-state index < -0.39 is 70.5 Å². The number of carbonyl (C=O) groups excluding carboxylic acids is 3. The van der Waals surface area contributed by atoms with Gasteiger partial charge in [-0.1, -0.05) is 17.7 Å². The number of nitrogens with zero attached hydrogens (tertiary/aromatic N) is 3. The second kappa shape index (κ2) is 11.1. The molecule has 4 rings (SSSR count). The Morgan fingerprint density at radius 2 is 1.86 bits per heavy atom. The predicted octanol–water partition coefficient (Wildman–Crippen LogP) is 3.83. The Morgan fingerprint density at radius 1 is 1.19 bits per heavy atom. The van der Waals surface area contributed by atoms with Gasteiger partial charge in [-0.2, -0.15) is 37.2 Å². The highest BCUT2D eigenvalue weighted by atomic mass is 35.5. The molecule has 1 aromatic carbocycles. The number of halogens is 5. The van der Waals surface area contributed by atoms with Crippen LogP contribution >= 0.6 is 38.6 Å². The third-order valence-corrected chi connectivity index (χ3v) is 6.96. The molecule has 2 atom stereocenters. The van der Waals surface area contributed by atoms with E-state index in [0.717, 1.165) is 12.1 Å². The molecule has 14 heteroatoms. The summed E-state index contributed by atoms with van der Waals surface area (Å²) in [6, 6.07) is 1.41. The van der Waals surface area contributed by atoms with Crippen LogP contribution in [0.25, 0.3) is 0 Å². The van der Waals surface area contributed by atoms with Gasteiger partial charge in [0.05, 0.1) is 17.8 Å². The number of nitrogens with one attached hydrogen (secondary N) is 1. The standard InChI is InChI=1S/C22H21ClF4N4O3.2H2S/c1-11-13(15(32)8-12-2-3-14(24)17(23)18(12)25)5-7-31(11)20(34)19(33)29-21(9-22(26,27)10-21)16-4-6-28-30-16;;/h2-4,11,13H,5-10H2,1H3,(H,29,33);2*1H2/t11-,13-;;/m0../s1. The van der Waals surface area contributed by atoms with Crippen molar-refractivity contribution in [3.8, 4) is 0 Å². The topological polar surface area (TPSA) is 91.2 Å². The van der Waals surface area contributed by atoms with Crippen molar-refractivity contribution >= 4 is 56.2 Å². The van der Waals surface area contributed by atoms with E-state index in [4.69, 9.17) is 11.6 Å². The minimum absolute atomic E-state index is 0. The van der Waals surface area contributed by atoms with Crippen LogP contribution in [0.5, 0.6) is 0 Å². The molecule has 1 aliphatic carbocycles. The number of amides is 2. The van der Waals surface area contributed by atoms with Crippen molar-refractivity contribution in [3.05, 3.63) is 46.1 Å². The van der Waals surface area contributed by atoms with Gasteiger partial charge in [-0.3, -0.25) is 14.4 Å². The monoisotopic (exact) mass is 568 g/mol. The SMILES string of the molecule is C[C@H]1[C@@H](C(=O)Cc2ccc(F)c(Cl)c2F)CCN1C(=O)C(=O)NC1(C2=CCN=N2)CC(F)(F)C1.S.S. The minimum Gasteiger partial charge on any atom is -0.336 e. The first-order valence-corrected chi connectivity index (χ1v) is 11.1. The Labute approximate surface area is 223 Å². The molecule has 2 amide bonds. The second-order valence-electron chi connectivity index (χ2n) is 8.87. The fraction of sp³-hybridized carbons (Fsp3) is 0.500. The fourth-order valence-electron chi connectivity index (χ4n) is 4.82. The number of Topliss-reactive ketones (excluding diaryl/α,β-unsaturated/α-hetero) is 1. The van der Waals surface area contributed by atoms with Crippen LogP contribution in [0.1, 0.15) is 31.7 Å². The van der Waals surface area contributed by atoms with Crippen molar-refractivity contribution in [1.82, 2.24) is 10.2 Å². The van der Waals surface area contributed by atoms with Gasteiger partial charge in [0.15, 0.2) is 0 Å². The first-order valence-electron chi connectivity index (χ1n) is 10.7. The number of ketones is 1. The Balaban J connectivity index is 0.00000228. The molecule has 0 aromatic heterocycles. The number of benzene rings is 1. The van der Waals surface area contributed by atoms with Gasteiger partial charge >= 0.3 is 11.8 Å². The molecule has 3 aliphatic rings. The van der Waals surface area contributed by atoms with Crippen LogP contribution in [0.15, 0.2) is 34.1 Å². The zero-order valence-corrected chi connectivity index (χ0v) is 21.8. The Bertz CT molecular complexity index is 1130. The van der Waals surface area contributed by atoms with Crippen molar-refractivity contribution < 1.29 is 31.9 Å². The molecule has 1 saturated carbocycles. The smallest absolute Gasteiger partial charge is 0.312 e. The lowest BCUT2D eigenvalue weighted by atomic mass is 9.71. The van der Waals surface area contributed by atoms with Gasteiger partial charge in [0, 0.05) is 37.8 Å². The predicted molar refractivity (Wildman–Crippen MR) is 133 cm³/mol. The van der Waals surface area contributed by atoms with Crippen molar-refractivity contribution in [3.63, 3.8) is 0 Å². The van der Waals surface area contributed by atoms with Crippen LogP contribution in [0.4, 0.5) is 17.6 Å². The van der Waals surface area contributed by atoms with E-state index in [1.165, 1.54) is 11.0 Å². The average Bonchev–Trinajstić information content (AvgIpc) is 3.42. The maximum Gasteiger partial charge on any atom is 0.312 e. The van der Waals surface area contributed by atoms with Gasteiger partial charge in [0.2, 0.25) is 0 Å². The number of carbonyl (C=O) groups is 3. The molecule has 198 valence electrons. The van der Waals surface area contributed by atoms with Gasteiger partial charge in [-0.15, -0.1) is 0 Å². The number of hydrogen-bond donors (Lipinski definition) is 1. The molecule has 0 spiro atoms. The third-order valence-electron chi connectivity index (χ3n) is 6.61. The van der Waals surface area contributed by atoms with Gasteiger partial charge in [0.1, 0.15) is 22.4 Å². The summed E-state index contributed by atoms with van der Waals surface area (Å²) in [5.41, 5.74) is -1.34. The zero-order valence-electron chi connectivity index (χ0n) is 19.1. The summed E-state index contributed by atoms with van der Waals surface area (Å²) in [5.74, 6) is -8.06. The molecule has 1 aromatic rings. The van der Waals surface area contributed by atoms with Gasteiger partial charge in [0.25, 0.3) is 5.92 Å². The largest absolute Gasteiger partial charge is 0.336 e. The van der Waals surface area contributed by atoms with E-state index in [0.29, 0.717) is 0 Å². The molecule has 1 saturated heterocycles. The molecule has 2 aliphatic heterocycles. The Morgan fingerprint density at radius 3 is 2.44 bits per heavy atom. The van der Waals surface area contributed by atoms with Crippen LogP contribution in [0.3, 0.4) is 0 Å². The van der Waals surface area contributed by atoms with Crippen LogP contribution in [-0.2, 0) is 20.8 Å². The minimum atomic E-state index is -2.99. The number of azo groups is 1. The normalized spacial score (nSPS) is 23.2. The molecule has 0 radical (unpaired) electrons. The second-order valence-corrected chi connectivity index (χ2v) is 9.25. The summed E-state index contributed by atoms with van der Waals surface area (Å²) in [6.45, 7) is 1.87. The molecule has 0 unspecified atom stereocenters. The zero-order chi connectivity index (χ0) is 24.8. The summed E-state index contributed by atoms with van der Waals surface area (Å²) >= 11 is 5.57.